The summed E-state index contributed by atoms with van der Waals surface area (Å²) in [6, 6.07) is 23.6. The van der Waals surface area contributed by atoms with E-state index in [4.69, 9.17) is 9.72 Å². The lowest BCUT2D eigenvalue weighted by atomic mass is 10.2. The highest BCUT2D eigenvalue weighted by Crippen LogP contribution is 2.31. The summed E-state index contributed by atoms with van der Waals surface area (Å²) >= 11 is 3.03. The highest BCUT2D eigenvalue weighted by molar-refractivity contribution is 7.21. The van der Waals surface area contributed by atoms with Crippen LogP contribution in [0.25, 0.3) is 20.8 Å². The molecule has 7 heteroatoms. The van der Waals surface area contributed by atoms with Crippen LogP contribution < -0.4 is 10.1 Å². The number of amides is 1. The molecule has 0 aliphatic rings. The molecule has 1 N–H and O–H groups in total. The van der Waals surface area contributed by atoms with Crippen LogP contribution in [0.5, 0.6) is 5.75 Å². The van der Waals surface area contributed by atoms with E-state index >= 15 is 0 Å². The fourth-order valence-corrected chi connectivity index (χ4v) is 5.37. The standard InChI is InChI=1S/C26H21N3O2S2/c1-16-8-13-21-22(14-16)32-26(29-21)18-9-11-19(12-10-18)28-25(30)24-17(2)27-23(33-24)15-31-20-6-4-3-5-7-20/h3-14H,15H2,1-2H3,(H,28,30). The van der Waals surface area contributed by atoms with E-state index in [1.54, 1.807) is 11.3 Å². The number of hydrogen-bond donors (Lipinski definition) is 1. The predicted octanol–water partition coefficient (Wildman–Crippen LogP) is 6.87. The number of fused-ring (bicyclic) bond motifs is 1. The second-order valence-corrected chi connectivity index (χ2v) is 9.76. The third-order valence-corrected chi connectivity index (χ3v) is 7.28. The normalized spacial score (nSPS) is 11.0. The molecule has 0 atom stereocenters. The van der Waals surface area contributed by atoms with Gasteiger partial charge in [-0.05, 0) is 67.9 Å². The van der Waals surface area contributed by atoms with E-state index in [2.05, 4.69) is 35.4 Å². The SMILES string of the molecule is Cc1ccc2nc(-c3ccc(NC(=O)c4sc(COc5ccccc5)nc4C)cc3)sc2c1. The number of aromatic nitrogens is 2. The predicted molar refractivity (Wildman–Crippen MR) is 135 cm³/mol. The molecule has 5 aromatic rings. The van der Waals surface area contributed by atoms with Crippen LogP contribution in [-0.2, 0) is 6.61 Å². The van der Waals surface area contributed by atoms with Crippen molar-refractivity contribution in [1.29, 1.82) is 0 Å². The second-order valence-electron chi connectivity index (χ2n) is 7.65. The number of nitrogens with one attached hydrogen (secondary N) is 1. The van der Waals surface area contributed by atoms with Gasteiger partial charge in [-0.3, -0.25) is 4.79 Å². The first kappa shape index (κ1) is 21.3. The van der Waals surface area contributed by atoms with Crippen LogP contribution in [0.2, 0.25) is 0 Å². The minimum Gasteiger partial charge on any atom is -0.486 e. The van der Waals surface area contributed by atoms with Crippen molar-refractivity contribution in [2.24, 2.45) is 0 Å². The molecule has 0 saturated heterocycles. The summed E-state index contributed by atoms with van der Waals surface area (Å²) in [6.45, 7) is 4.26. The van der Waals surface area contributed by atoms with Gasteiger partial charge in [0.15, 0.2) is 0 Å². The van der Waals surface area contributed by atoms with Crippen LogP contribution in [0.4, 0.5) is 5.69 Å². The fourth-order valence-electron chi connectivity index (χ4n) is 3.43. The van der Waals surface area contributed by atoms with Gasteiger partial charge in [0.1, 0.15) is 27.2 Å². The number of hydrogen-bond acceptors (Lipinski definition) is 6. The number of para-hydroxylation sites is 1. The Labute approximate surface area is 199 Å². The Morgan fingerprint density at radius 3 is 2.52 bits per heavy atom. The largest absolute Gasteiger partial charge is 0.486 e. The highest BCUT2D eigenvalue weighted by atomic mass is 32.1. The molecular weight excluding hydrogens is 450 g/mol. The van der Waals surface area contributed by atoms with Crippen molar-refractivity contribution in [2.75, 3.05) is 5.32 Å². The van der Waals surface area contributed by atoms with Gasteiger partial charge >= 0.3 is 0 Å². The van der Waals surface area contributed by atoms with Crippen LogP contribution in [0.1, 0.15) is 25.9 Å². The van der Waals surface area contributed by atoms with Crippen molar-refractivity contribution in [2.45, 2.75) is 20.5 Å². The number of ether oxygens (including phenoxy) is 1. The number of nitrogens with zero attached hydrogens (tertiary/aromatic N) is 2. The zero-order valence-electron chi connectivity index (χ0n) is 18.2. The molecule has 33 heavy (non-hydrogen) atoms. The summed E-state index contributed by atoms with van der Waals surface area (Å²) in [6.07, 6.45) is 0. The number of rotatable bonds is 6. The lowest BCUT2D eigenvalue weighted by Crippen LogP contribution is -2.11. The monoisotopic (exact) mass is 471 g/mol. The Hall–Kier alpha value is -3.55. The number of anilines is 1. The third kappa shape index (κ3) is 4.79. The zero-order valence-corrected chi connectivity index (χ0v) is 19.8. The maximum Gasteiger partial charge on any atom is 0.267 e. The molecule has 0 unspecified atom stereocenters. The fraction of sp³-hybridized carbons (Fsp3) is 0.115. The maximum absolute atomic E-state index is 12.8. The minimum atomic E-state index is -0.167. The molecular formula is C26H21N3O2S2. The number of carbonyl (C=O) groups is 1. The lowest BCUT2D eigenvalue weighted by Gasteiger charge is -2.05. The van der Waals surface area contributed by atoms with E-state index in [0.717, 1.165) is 32.5 Å². The summed E-state index contributed by atoms with van der Waals surface area (Å²) in [7, 11) is 0. The first-order valence-electron chi connectivity index (χ1n) is 10.5. The Kier molecular flexibility index (Phi) is 5.90. The number of aryl methyl sites for hydroxylation is 2. The Morgan fingerprint density at radius 2 is 1.73 bits per heavy atom. The number of thiazole rings is 2. The Balaban J connectivity index is 1.26. The van der Waals surface area contributed by atoms with Gasteiger partial charge in [-0.25, -0.2) is 9.97 Å². The second kappa shape index (κ2) is 9.13. The molecule has 3 aromatic carbocycles. The van der Waals surface area contributed by atoms with Gasteiger partial charge in [-0.15, -0.1) is 22.7 Å². The average molecular weight is 472 g/mol. The zero-order chi connectivity index (χ0) is 22.8. The molecule has 2 heterocycles. The first-order chi connectivity index (χ1) is 16.0. The van der Waals surface area contributed by atoms with Gasteiger partial charge in [-0.2, -0.15) is 0 Å². The molecule has 5 rings (SSSR count). The van der Waals surface area contributed by atoms with Crippen LogP contribution >= 0.6 is 22.7 Å². The van der Waals surface area contributed by atoms with Gasteiger partial charge in [0.2, 0.25) is 0 Å². The van der Waals surface area contributed by atoms with E-state index in [0.29, 0.717) is 17.2 Å². The topological polar surface area (TPSA) is 64.1 Å². The quantitative estimate of drug-likeness (QED) is 0.294. The molecule has 0 saturated carbocycles. The van der Waals surface area contributed by atoms with E-state index in [-0.39, 0.29) is 5.91 Å². The van der Waals surface area contributed by atoms with Crippen molar-refractivity contribution >= 4 is 44.5 Å². The average Bonchev–Trinajstić information content (AvgIpc) is 3.41. The van der Waals surface area contributed by atoms with Crippen molar-refractivity contribution in [3.05, 3.63) is 93.9 Å². The van der Waals surface area contributed by atoms with Gasteiger partial charge < -0.3 is 10.1 Å². The smallest absolute Gasteiger partial charge is 0.267 e. The summed E-state index contributed by atoms with van der Waals surface area (Å²) < 4.78 is 6.93. The molecule has 0 radical (unpaired) electrons. The van der Waals surface area contributed by atoms with Crippen molar-refractivity contribution in [3.63, 3.8) is 0 Å². The maximum atomic E-state index is 12.8. The van der Waals surface area contributed by atoms with Gasteiger partial charge in [0, 0.05) is 11.3 Å². The molecule has 0 bridgehead atoms. The van der Waals surface area contributed by atoms with Crippen molar-refractivity contribution < 1.29 is 9.53 Å². The van der Waals surface area contributed by atoms with Crippen molar-refractivity contribution in [3.8, 4) is 16.3 Å². The highest BCUT2D eigenvalue weighted by Gasteiger charge is 2.16. The summed E-state index contributed by atoms with van der Waals surface area (Å²) in [5, 5.41) is 4.71. The number of benzene rings is 3. The first-order valence-corrected chi connectivity index (χ1v) is 12.1. The molecule has 0 aliphatic carbocycles. The molecule has 164 valence electrons. The van der Waals surface area contributed by atoms with Crippen LogP contribution in [0.15, 0.2) is 72.8 Å². The van der Waals surface area contributed by atoms with E-state index in [1.807, 2.05) is 61.5 Å². The van der Waals surface area contributed by atoms with E-state index in [9.17, 15) is 4.79 Å². The number of carbonyl (C=O) groups excluding carboxylic acids is 1. The Bertz CT molecular complexity index is 1420. The summed E-state index contributed by atoms with van der Waals surface area (Å²) in [5.74, 6) is 0.610. The van der Waals surface area contributed by atoms with E-state index in [1.165, 1.54) is 21.6 Å². The lowest BCUT2D eigenvalue weighted by molar-refractivity contribution is 0.103. The van der Waals surface area contributed by atoms with Crippen LogP contribution in [-0.4, -0.2) is 15.9 Å². The van der Waals surface area contributed by atoms with Gasteiger partial charge in [-0.1, -0.05) is 24.3 Å². The Morgan fingerprint density at radius 1 is 0.939 bits per heavy atom. The van der Waals surface area contributed by atoms with Gasteiger partial charge in [0.25, 0.3) is 5.91 Å². The van der Waals surface area contributed by atoms with E-state index < -0.39 is 0 Å². The molecule has 5 nitrogen and oxygen atoms in total. The molecule has 0 fully saturated rings. The molecule has 2 aromatic heterocycles. The summed E-state index contributed by atoms with van der Waals surface area (Å²) in [4.78, 5) is 22.6. The molecule has 1 amide bonds. The molecule has 0 aliphatic heterocycles. The van der Waals surface area contributed by atoms with Gasteiger partial charge in [0.05, 0.1) is 15.9 Å². The van der Waals surface area contributed by atoms with Crippen LogP contribution in [0, 0.1) is 13.8 Å². The summed E-state index contributed by atoms with van der Waals surface area (Å²) in [5.41, 5.74) is 4.69. The third-order valence-electron chi connectivity index (χ3n) is 5.09. The van der Waals surface area contributed by atoms with Crippen molar-refractivity contribution in [1.82, 2.24) is 9.97 Å². The van der Waals surface area contributed by atoms with Crippen LogP contribution in [0.3, 0.4) is 0 Å². The minimum absolute atomic E-state index is 0.167. The molecule has 0 spiro atoms.